The summed E-state index contributed by atoms with van der Waals surface area (Å²) in [5, 5.41) is 0. The monoisotopic (exact) mass is 376 g/mol. The highest BCUT2D eigenvalue weighted by molar-refractivity contribution is 7.91. The maximum atomic E-state index is 12.8. The van der Waals surface area contributed by atoms with Crippen LogP contribution in [0.1, 0.15) is 21.5 Å². The number of allylic oxidation sites excluding steroid dienone is 1. The molecular weight excluding hydrogens is 356 g/mol. The molecule has 0 N–H and O–H groups in total. The first-order valence-electron chi connectivity index (χ1n) is 8.60. The Hall–Kier alpha value is -2.98. The zero-order valence-corrected chi connectivity index (χ0v) is 15.8. The van der Waals surface area contributed by atoms with Gasteiger partial charge in [-0.3, -0.25) is 4.79 Å². The van der Waals surface area contributed by atoms with Gasteiger partial charge >= 0.3 is 0 Å². The fraction of sp³-hybridized carbons (Fsp3) is 0.0870. The van der Waals surface area contributed by atoms with E-state index in [4.69, 9.17) is 0 Å². The molecule has 0 saturated carbocycles. The Bertz CT molecular complexity index is 1050. The molecule has 0 atom stereocenters. The van der Waals surface area contributed by atoms with Crippen LogP contribution in [-0.4, -0.2) is 20.0 Å². The summed E-state index contributed by atoms with van der Waals surface area (Å²) in [6.07, 6.45) is 1.43. The number of carbonyl (C=O) groups is 1. The maximum Gasteiger partial charge on any atom is 0.186 e. The van der Waals surface area contributed by atoms with E-state index in [1.165, 1.54) is 6.08 Å². The van der Waals surface area contributed by atoms with Gasteiger partial charge in [0.25, 0.3) is 0 Å². The van der Waals surface area contributed by atoms with Crippen molar-refractivity contribution in [1.82, 2.24) is 0 Å². The standard InChI is InChI=1S/C23H20O3S/c1-18-12-14-19(15-13-18)21(16-23(24)20-8-4-2-5-9-20)17-27(25,26)22-10-6-3-7-11-22/h2-16H,17H2,1H3/b21-16-. The Labute approximate surface area is 159 Å². The summed E-state index contributed by atoms with van der Waals surface area (Å²) >= 11 is 0. The van der Waals surface area contributed by atoms with Gasteiger partial charge in [-0.2, -0.15) is 0 Å². The SMILES string of the molecule is Cc1ccc(/C(=C\C(=O)c2ccccc2)CS(=O)(=O)c2ccccc2)cc1. The van der Waals surface area contributed by atoms with Crippen molar-refractivity contribution in [2.45, 2.75) is 11.8 Å². The molecule has 4 heteroatoms. The molecule has 0 aromatic heterocycles. The van der Waals surface area contributed by atoms with Crippen LogP contribution in [0.25, 0.3) is 5.57 Å². The Balaban J connectivity index is 2.01. The van der Waals surface area contributed by atoms with Gasteiger partial charge in [-0.25, -0.2) is 8.42 Å². The zero-order valence-electron chi connectivity index (χ0n) is 15.0. The first-order valence-corrected chi connectivity index (χ1v) is 10.3. The van der Waals surface area contributed by atoms with Crippen LogP contribution in [0.15, 0.2) is 95.9 Å². The van der Waals surface area contributed by atoms with E-state index in [1.54, 1.807) is 54.6 Å². The lowest BCUT2D eigenvalue weighted by molar-refractivity contribution is 0.104. The van der Waals surface area contributed by atoms with Crippen molar-refractivity contribution in [1.29, 1.82) is 0 Å². The van der Waals surface area contributed by atoms with Gasteiger partial charge in [-0.05, 0) is 36.3 Å². The van der Waals surface area contributed by atoms with Crippen LogP contribution in [0.5, 0.6) is 0 Å². The number of benzene rings is 3. The first kappa shape index (κ1) is 18.8. The highest BCUT2D eigenvalue weighted by Gasteiger charge is 2.19. The van der Waals surface area contributed by atoms with Gasteiger partial charge in [0, 0.05) is 5.56 Å². The number of rotatable bonds is 6. The lowest BCUT2D eigenvalue weighted by Gasteiger charge is -2.10. The Morgan fingerprint density at radius 2 is 1.33 bits per heavy atom. The third kappa shape index (κ3) is 4.80. The number of carbonyl (C=O) groups excluding carboxylic acids is 1. The smallest absolute Gasteiger partial charge is 0.186 e. The lowest BCUT2D eigenvalue weighted by Crippen LogP contribution is -2.10. The summed E-state index contributed by atoms with van der Waals surface area (Å²) in [5.41, 5.74) is 2.80. The predicted molar refractivity (Wildman–Crippen MR) is 108 cm³/mol. The minimum Gasteiger partial charge on any atom is -0.289 e. The van der Waals surface area contributed by atoms with Crippen molar-refractivity contribution in [2.75, 3.05) is 5.75 Å². The molecule has 0 fully saturated rings. The number of hydrogen-bond donors (Lipinski definition) is 0. The fourth-order valence-electron chi connectivity index (χ4n) is 2.74. The zero-order chi connectivity index (χ0) is 19.3. The molecule has 0 bridgehead atoms. The molecule has 0 amide bonds. The van der Waals surface area contributed by atoms with Crippen LogP contribution in [0.4, 0.5) is 0 Å². The summed E-state index contributed by atoms with van der Waals surface area (Å²) in [5.74, 6) is -0.451. The van der Waals surface area contributed by atoms with Gasteiger partial charge in [-0.1, -0.05) is 78.4 Å². The van der Waals surface area contributed by atoms with E-state index in [2.05, 4.69) is 0 Å². The molecule has 0 radical (unpaired) electrons. The summed E-state index contributed by atoms with van der Waals surface area (Å²) in [6.45, 7) is 1.96. The molecule has 3 rings (SSSR count). The molecule has 0 aliphatic carbocycles. The third-order valence-corrected chi connectivity index (χ3v) is 5.92. The van der Waals surface area contributed by atoms with Gasteiger partial charge in [0.1, 0.15) is 0 Å². The second-order valence-corrected chi connectivity index (χ2v) is 8.33. The van der Waals surface area contributed by atoms with Crippen molar-refractivity contribution >= 4 is 21.2 Å². The van der Waals surface area contributed by atoms with Crippen LogP contribution < -0.4 is 0 Å². The largest absolute Gasteiger partial charge is 0.289 e. The number of sulfone groups is 1. The molecule has 0 spiro atoms. The molecule has 3 aromatic rings. The number of aryl methyl sites for hydroxylation is 1. The molecule has 3 aromatic carbocycles. The Kier molecular flexibility index (Phi) is 5.67. The second-order valence-electron chi connectivity index (χ2n) is 6.34. The van der Waals surface area contributed by atoms with E-state index in [0.717, 1.165) is 11.1 Å². The topological polar surface area (TPSA) is 51.2 Å². The van der Waals surface area contributed by atoms with Crippen LogP contribution in [0, 0.1) is 6.92 Å². The van der Waals surface area contributed by atoms with Gasteiger partial charge < -0.3 is 0 Å². The third-order valence-electron chi connectivity index (χ3n) is 4.23. The molecule has 0 aliphatic heterocycles. The fourth-order valence-corrected chi connectivity index (χ4v) is 4.13. The summed E-state index contributed by atoms with van der Waals surface area (Å²) in [7, 11) is -3.57. The Morgan fingerprint density at radius 3 is 1.93 bits per heavy atom. The van der Waals surface area contributed by atoms with E-state index >= 15 is 0 Å². The molecule has 3 nitrogen and oxygen atoms in total. The first-order chi connectivity index (χ1) is 13.0. The molecule has 0 saturated heterocycles. The van der Waals surface area contributed by atoms with Crippen molar-refractivity contribution < 1.29 is 13.2 Å². The summed E-state index contributed by atoms with van der Waals surface area (Å²) in [4.78, 5) is 12.9. The molecule has 0 aliphatic rings. The van der Waals surface area contributed by atoms with E-state index in [1.807, 2.05) is 37.3 Å². The molecular formula is C23H20O3S. The van der Waals surface area contributed by atoms with E-state index < -0.39 is 9.84 Å². The number of hydrogen-bond acceptors (Lipinski definition) is 3. The highest BCUT2D eigenvalue weighted by Crippen LogP contribution is 2.22. The van der Waals surface area contributed by atoms with Crippen molar-refractivity contribution in [3.8, 4) is 0 Å². The molecule has 136 valence electrons. The van der Waals surface area contributed by atoms with Crippen molar-refractivity contribution in [2.24, 2.45) is 0 Å². The molecule has 27 heavy (non-hydrogen) atoms. The van der Waals surface area contributed by atoms with Gasteiger partial charge in [0.15, 0.2) is 15.6 Å². The summed E-state index contributed by atoms with van der Waals surface area (Å²) < 4.78 is 25.7. The summed E-state index contributed by atoms with van der Waals surface area (Å²) in [6, 6.07) is 24.7. The highest BCUT2D eigenvalue weighted by atomic mass is 32.2. The van der Waals surface area contributed by atoms with Crippen LogP contribution in [-0.2, 0) is 9.84 Å². The minimum absolute atomic E-state index is 0.213. The van der Waals surface area contributed by atoms with Crippen molar-refractivity contribution in [3.63, 3.8) is 0 Å². The van der Waals surface area contributed by atoms with Gasteiger partial charge in [0.2, 0.25) is 0 Å². The average molecular weight is 376 g/mol. The lowest BCUT2D eigenvalue weighted by atomic mass is 10.0. The predicted octanol–water partition coefficient (Wildman–Crippen LogP) is 4.74. The second kappa shape index (κ2) is 8.14. The van der Waals surface area contributed by atoms with Crippen LogP contribution in [0.2, 0.25) is 0 Å². The van der Waals surface area contributed by atoms with Crippen LogP contribution in [0.3, 0.4) is 0 Å². The maximum absolute atomic E-state index is 12.8. The van der Waals surface area contributed by atoms with Crippen molar-refractivity contribution in [3.05, 3.63) is 108 Å². The minimum atomic E-state index is -3.57. The number of ketones is 1. The van der Waals surface area contributed by atoms with Crippen LogP contribution >= 0.6 is 0 Å². The Morgan fingerprint density at radius 1 is 0.778 bits per heavy atom. The average Bonchev–Trinajstić information content (AvgIpc) is 2.69. The van der Waals surface area contributed by atoms with E-state index in [-0.39, 0.29) is 16.4 Å². The normalized spacial score (nSPS) is 12.0. The molecule has 0 heterocycles. The molecule has 0 unspecified atom stereocenters. The quantitative estimate of drug-likeness (QED) is 0.461. The van der Waals surface area contributed by atoms with E-state index in [9.17, 15) is 13.2 Å². The van der Waals surface area contributed by atoms with E-state index in [0.29, 0.717) is 11.1 Å². The van der Waals surface area contributed by atoms with Gasteiger partial charge in [0.05, 0.1) is 10.6 Å². The van der Waals surface area contributed by atoms with Gasteiger partial charge in [-0.15, -0.1) is 0 Å².